The van der Waals surface area contributed by atoms with Crippen LogP contribution in [0.25, 0.3) is 11.1 Å². The van der Waals surface area contributed by atoms with Crippen molar-refractivity contribution < 1.29 is 14.3 Å². The van der Waals surface area contributed by atoms with E-state index in [-0.39, 0.29) is 17.7 Å². The Balaban J connectivity index is 1.67. The van der Waals surface area contributed by atoms with Gasteiger partial charge in [0.1, 0.15) is 5.75 Å². The van der Waals surface area contributed by atoms with Crippen LogP contribution in [0.15, 0.2) is 48.5 Å². The lowest BCUT2D eigenvalue weighted by Crippen LogP contribution is -2.42. The topological polar surface area (TPSA) is 58.6 Å². The number of carbonyl (C=O) groups excluding carboxylic acids is 2. The molecule has 1 N–H and O–H groups in total. The minimum absolute atomic E-state index is 0.0134. The van der Waals surface area contributed by atoms with Crippen LogP contribution in [0, 0.1) is 5.92 Å². The average molecular weight is 352 g/mol. The number of benzene rings is 2. The molecule has 1 saturated heterocycles. The summed E-state index contributed by atoms with van der Waals surface area (Å²) in [5.74, 6) is 0.915. The maximum Gasteiger partial charge on any atom is 0.253 e. The average Bonchev–Trinajstić information content (AvgIpc) is 2.73. The molecule has 0 bridgehead atoms. The largest absolute Gasteiger partial charge is 0.497 e. The molecule has 3 rings (SSSR count). The van der Waals surface area contributed by atoms with Crippen LogP contribution in [-0.4, -0.2) is 44.0 Å². The number of rotatable bonds is 4. The van der Waals surface area contributed by atoms with Crippen molar-refractivity contribution in [3.8, 4) is 16.9 Å². The van der Waals surface area contributed by atoms with Gasteiger partial charge in [0, 0.05) is 31.6 Å². The highest BCUT2D eigenvalue weighted by molar-refractivity contribution is 5.95. The van der Waals surface area contributed by atoms with Crippen LogP contribution in [-0.2, 0) is 4.79 Å². The number of hydrogen-bond donors (Lipinski definition) is 1. The standard InChI is InChI=1S/C21H24N2O3/c1-22-20(24)16-10-12-23(13-11-16)21(25)17-8-6-15(7-9-17)18-4-3-5-19(14-18)26-2/h3-9,14,16H,10-13H2,1-2H3,(H,22,24). The van der Waals surface area contributed by atoms with E-state index in [0.717, 1.165) is 16.9 Å². The summed E-state index contributed by atoms with van der Waals surface area (Å²) in [4.78, 5) is 26.2. The number of amides is 2. The molecule has 5 heteroatoms. The van der Waals surface area contributed by atoms with Gasteiger partial charge < -0.3 is 15.0 Å². The summed E-state index contributed by atoms with van der Waals surface area (Å²) in [7, 11) is 3.30. The Labute approximate surface area is 154 Å². The molecular formula is C21H24N2O3. The zero-order valence-electron chi connectivity index (χ0n) is 15.2. The van der Waals surface area contributed by atoms with Crippen molar-refractivity contribution in [1.82, 2.24) is 10.2 Å². The normalized spacial score (nSPS) is 14.8. The van der Waals surface area contributed by atoms with E-state index in [2.05, 4.69) is 5.32 Å². The van der Waals surface area contributed by atoms with Gasteiger partial charge in [-0.05, 0) is 48.2 Å². The van der Waals surface area contributed by atoms with E-state index < -0.39 is 0 Å². The lowest BCUT2D eigenvalue weighted by molar-refractivity contribution is -0.125. The van der Waals surface area contributed by atoms with Crippen molar-refractivity contribution in [2.24, 2.45) is 5.92 Å². The third-order valence-electron chi connectivity index (χ3n) is 4.93. The summed E-state index contributed by atoms with van der Waals surface area (Å²) in [5.41, 5.74) is 2.77. The van der Waals surface area contributed by atoms with Crippen LogP contribution in [0.5, 0.6) is 5.75 Å². The first-order chi connectivity index (χ1) is 12.6. The van der Waals surface area contributed by atoms with Crippen LogP contribution in [0.3, 0.4) is 0 Å². The van der Waals surface area contributed by atoms with Gasteiger partial charge in [-0.2, -0.15) is 0 Å². The van der Waals surface area contributed by atoms with Gasteiger partial charge in [-0.25, -0.2) is 0 Å². The van der Waals surface area contributed by atoms with Gasteiger partial charge in [0.15, 0.2) is 0 Å². The number of nitrogens with zero attached hydrogens (tertiary/aromatic N) is 1. The number of piperidine rings is 1. The summed E-state index contributed by atoms with van der Waals surface area (Å²) in [6.45, 7) is 1.24. The summed E-state index contributed by atoms with van der Waals surface area (Å²) >= 11 is 0. The molecule has 5 nitrogen and oxygen atoms in total. The van der Waals surface area contributed by atoms with Crippen LogP contribution in [0.1, 0.15) is 23.2 Å². The highest BCUT2D eigenvalue weighted by Gasteiger charge is 2.27. The highest BCUT2D eigenvalue weighted by atomic mass is 16.5. The lowest BCUT2D eigenvalue weighted by Gasteiger charge is -2.31. The Morgan fingerprint density at radius 3 is 2.35 bits per heavy atom. The maximum atomic E-state index is 12.7. The Hall–Kier alpha value is -2.82. The lowest BCUT2D eigenvalue weighted by atomic mass is 9.95. The molecule has 2 aromatic carbocycles. The summed E-state index contributed by atoms with van der Waals surface area (Å²) in [5, 5.41) is 2.69. The molecule has 2 amide bonds. The molecule has 26 heavy (non-hydrogen) atoms. The van der Waals surface area contributed by atoms with Gasteiger partial charge in [0.05, 0.1) is 7.11 Å². The van der Waals surface area contributed by atoms with Crippen molar-refractivity contribution in [3.05, 3.63) is 54.1 Å². The number of carbonyl (C=O) groups is 2. The fraction of sp³-hybridized carbons (Fsp3) is 0.333. The van der Waals surface area contributed by atoms with E-state index in [4.69, 9.17) is 4.74 Å². The number of methoxy groups -OCH3 is 1. The van der Waals surface area contributed by atoms with Crippen molar-refractivity contribution in [2.75, 3.05) is 27.2 Å². The van der Waals surface area contributed by atoms with E-state index in [9.17, 15) is 9.59 Å². The van der Waals surface area contributed by atoms with Crippen molar-refractivity contribution in [1.29, 1.82) is 0 Å². The number of ether oxygens (including phenoxy) is 1. The number of hydrogen-bond acceptors (Lipinski definition) is 3. The second-order valence-corrected chi connectivity index (χ2v) is 6.49. The minimum Gasteiger partial charge on any atom is -0.497 e. The minimum atomic E-state index is 0.0134. The van der Waals surface area contributed by atoms with Gasteiger partial charge in [-0.3, -0.25) is 9.59 Å². The van der Waals surface area contributed by atoms with E-state index in [1.165, 1.54) is 0 Å². The molecule has 2 aromatic rings. The molecule has 0 spiro atoms. The molecule has 1 aliphatic heterocycles. The third-order valence-corrected chi connectivity index (χ3v) is 4.93. The Morgan fingerprint density at radius 2 is 1.73 bits per heavy atom. The molecule has 1 fully saturated rings. The number of nitrogens with one attached hydrogen (secondary N) is 1. The summed E-state index contributed by atoms with van der Waals surface area (Å²) < 4.78 is 5.26. The fourth-order valence-electron chi connectivity index (χ4n) is 3.34. The first-order valence-electron chi connectivity index (χ1n) is 8.87. The van der Waals surface area contributed by atoms with Crippen LogP contribution in [0.4, 0.5) is 0 Å². The summed E-state index contributed by atoms with van der Waals surface area (Å²) in [6.07, 6.45) is 1.43. The van der Waals surface area contributed by atoms with Crippen molar-refractivity contribution in [2.45, 2.75) is 12.8 Å². The van der Waals surface area contributed by atoms with E-state index in [0.29, 0.717) is 31.5 Å². The van der Waals surface area contributed by atoms with Crippen LogP contribution < -0.4 is 10.1 Å². The molecule has 1 aliphatic rings. The predicted molar refractivity (Wildman–Crippen MR) is 101 cm³/mol. The summed E-state index contributed by atoms with van der Waals surface area (Å²) in [6, 6.07) is 15.5. The molecule has 0 unspecified atom stereocenters. The zero-order valence-corrected chi connectivity index (χ0v) is 15.2. The fourth-order valence-corrected chi connectivity index (χ4v) is 3.34. The molecule has 1 heterocycles. The maximum absolute atomic E-state index is 12.7. The van der Waals surface area contributed by atoms with Gasteiger partial charge in [-0.15, -0.1) is 0 Å². The quantitative estimate of drug-likeness (QED) is 0.920. The zero-order chi connectivity index (χ0) is 18.5. The van der Waals surface area contributed by atoms with E-state index in [1.807, 2.05) is 53.4 Å². The van der Waals surface area contributed by atoms with Gasteiger partial charge in [0.2, 0.25) is 5.91 Å². The first-order valence-corrected chi connectivity index (χ1v) is 8.87. The van der Waals surface area contributed by atoms with Gasteiger partial charge in [-0.1, -0.05) is 24.3 Å². The smallest absolute Gasteiger partial charge is 0.253 e. The van der Waals surface area contributed by atoms with Gasteiger partial charge in [0.25, 0.3) is 5.91 Å². The molecule has 136 valence electrons. The molecular weight excluding hydrogens is 328 g/mol. The van der Waals surface area contributed by atoms with Crippen molar-refractivity contribution in [3.63, 3.8) is 0 Å². The monoisotopic (exact) mass is 352 g/mol. The molecule has 0 atom stereocenters. The van der Waals surface area contributed by atoms with Crippen molar-refractivity contribution >= 4 is 11.8 Å². The predicted octanol–water partition coefficient (Wildman–Crippen LogP) is 2.96. The molecule has 0 aromatic heterocycles. The second-order valence-electron chi connectivity index (χ2n) is 6.49. The highest BCUT2D eigenvalue weighted by Crippen LogP contribution is 2.25. The molecule has 0 aliphatic carbocycles. The molecule has 0 radical (unpaired) electrons. The third kappa shape index (κ3) is 3.87. The van der Waals surface area contributed by atoms with Crippen LogP contribution in [0.2, 0.25) is 0 Å². The second kappa shape index (κ2) is 8.04. The van der Waals surface area contributed by atoms with Crippen LogP contribution >= 0.6 is 0 Å². The Morgan fingerprint density at radius 1 is 1.04 bits per heavy atom. The van der Waals surface area contributed by atoms with E-state index in [1.54, 1.807) is 14.2 Å². The Bertz CT molecular complexity index is 778. The first kappa shape index (κ1) is 18.0. The molecule has 0 saturated carbocycles. The Kier molecular flexibility index (Phi) is 5.56. The number of likely N-dealkylation sites (tertiary alicyclic amines) is 1. The SMILES string of the molecule is CNC(=O)C1CCN(C(=O)c2ccc(-c3cccc(OC)c3)cc2)CC1. The van der Waals surface area contributed by atoms with Gasteiger partial charge >= 0.3 is 0 Å². The van der Waals surface area contributed by atoms with E-state index >= 15 is 0 Å².